The first kappa shape index (κ1) is 10.9. The number of rotatable bonds is 2. The first-order valence-electron chi connectivity index (χ1n) is 4.99. The molecule has 0 spiro atoms. The van der Waals surface area contributed by atoms with Crippen LogP contribution in [0.5, 0.6) is 0 Å². The molecule has 1 aliphatic rings. The van der Waals surface area contributed by atoms with E-state index in [2.05, 4.69) is 19.9 Å². The van der Waals surface area contributed by atoms with Crippen LogP contribution in [0.25, 0.3) is 0 Å². The summed E-state index contributed by atoms with van der Waals surface area (Å²) in [4.78, 5) is 0. The minimum absolute atomic E-state index is 0.336. The molecule has 0 bridgehead atoms. The van der Waals surface area contributed by atoms with Gasteiger partial charge in [-0.05, 0) is 25.8 Å². The molecule has 0 radical (unpaired) electrons. The van der Waals surface area contributed by atoms with E-state index in [0.29, 0.717) is 12.7 Å². The van der Waals surface area contributed by atoms with Gasteiger partial charge in [0, 0.05) is 5.57 Å². The van der Waals surface area contributed by atoms with Gasteiger partial charge in [-0.25, -0.2) is 0 Å². The Balaban J connectivity index is 3.08. The minimum Gasteiger partial charge on any atom is -0.454 e. The highest BCUT2D eigenvalue weighted by molar-refractivity contribution is 5.35. The molecule has 2 heteroatoms. The molecule has 1 fully saturated rings. The highest BCUT2D eigenvalue weighted by Gasteiger charge is 2.20. The van der Waals surface area contributed by atoms with E-state index in [4.69, 9.17) is 9.47 Å². The zero-order chi connectivity index (χ0) is 10.6. The van der Waals surface area contributed by atoms with Crippen LogP contribution in [0.4, 0.5) is 0 Å². The third-order valence-electron chi connectivity index (χ3n) is 2.13. The van der Waals surface area contributed by atoms with E-state index < -0.39 is 0 Å². The van der Waals surface area contributed by atoms with Crippen LogP contribution < -0.4 is 0 Å². The SMILES string of the molecule is C\C=C/C(=C1/OCO/C1=C/C)C(C)C. The summed E-state index contributed by atoms with van der Waals surface area (Å²) in [6, 6.07) is 0. The standard InChI is InChI=1S/C12H18O2/c1-5-7-10(9(3)4)12-11(6-2)13-8-14-12/h5-7,9H,8H2,1-4H3/b7-5-,11-6+,12-10-. The van der Waals surface area contributed by atoms with Gasteiger partial charge >= 0.3 is 0 Å². The van der Waals surface area contributed by atoms with E-state index in [1.54, 1.807) is 0 Å². The third-order valence-corrected chi connectivity index (χ3v) is 2.13. The van der Waals surface area contributed by atoms with Crippen LogP contribution in [0.15, 0.2) is 35.3 Å². The maximum atomic E-state index is 5.47. The van der Waals surface area contributed by atoms with E-state index in [9.17, 15) is 0 Å². The van der Waals surface area contributed by atoms with Crippen molar-refractivity contribution in [2.75, 3.05) is 6.79 Å². The van der Waals surface area contributed by atoms with Crippen molar-refractivity contribution in [1.82, 2.24) is 0 Å². The van der Waals surface area contributed by atoms with Crippen molar-refractivity contribution in [1.29, 1.82) is 0 Å². The lowest BCUT2D eigenvalue weighted by Gasteiger charge is -2.09. The highest BCUT2D eigenvalue weighted by atomic mass is 16.7. The monoisotopic (exact) mass is 194 g/mol. The maximum Gasteiger partial charge on any atom is 0.231 e. The van der Waals surface area contributed by atoms with Gasteiger partial charge in [0.25, 0.3) is 0 Å². The minimum atomic E-state index is 0.336. The smallest absolute Gasteiger partial charge is 0.231 e. The fourth-order valence-corrected chi connectivity index (χ4v) is 1.44. The van der Waals surface area contributed by atoms with Crippen molar-refractivity contribution in [2.45, 2.75) is 27.7 Å². The second-order valence-electron chi connectivity index (χ2n) is 3.50. The van der Waals surface area contributed by atoms with Crippen LogP contribution >= 0.6 is 0 Å². The first-order chi connectivity index (χ1) is 6.70. The third kappa shape index (κ3) is 2.19. The summed E-state index contributed by atoms with van der Waals surface area (Å²) in [5.74, 6) is 2.19. The topological polar surface area (TPSA) is 18.5 Å². The van der Waals surface area contributed by atoms with E-state index in [1.165, 1.54) is 5.57 Å². The van der Waals surface area contributed by atoms with Crippen molar-refractivity contribution in [3.05, 3.63) is 35.3 Å². The molecule has 14 heavy (non-hydrogen) atoms. The van der Waals surface area contributed by atoms with E-state index in [-0.39, 0.29) is 0 Å². The van der Waals surface area contributed by atoms with Crippen molar-refractivity contribution in [3.63, 3.8) is 0 Å². The predicted octanol–water partition coefficient (Wildman–Crippen LogP) is 3.38. The van der Waals surface area contributed by atoms with Crippen LogP contribution in [0.1, 0.15) is 27.7 Å². The number of hydrogen-bond donors (Lipinski definition) is 0. The molecule has 1 saturated heterocycles. The molecule has 1 rings (SSSR count). The molecule has 0 aliphatic carbocycles. The van der Waals surface area contributed by atoms with E-state index >= 15 is 0 Å². The van der Waals surface area contributed by atoms with Gasteiger partial charge in [0.15, 0.2) is 11.5 Å². The summed E-state index contributed by atoms with van der Waals surface area (Å²) < 4.78 is 10.8. The summed E-state index contributed by atoms with van der Waals surface area (Å²) in [5.41, 5.74) is 1.19. The van der Waals surface area contributed by atoms with Gasteiger partial charge in [-0.2, -0.15) is 0 Å². The van der Waals surface area contributed by atoms with Crippen LogP contribution in [0.3, 0.4) is 0 Å². The van der Waals surface area contributed by atoms with Crippen molar-refractivity contribution in [2.24, 2.45) is 5.92 Å². The normalized spacial score (nSPS) is 23.1. The van der Waals surface area contributed by atoms with Gasteiger partial charge in [0.1, 0.15) is 0 Å². The lowest BCUT2D eigenvalue weighted by Crippen LogP contribution is -1.97. The van der Waals surface area contributed by atoms with Gasteiger partial charge in [-0.3, -0.25) is 0 Å². The van der Waals surface area contributed by atoms with Crippen LogP contribution in [-0.2, 0) is 9.47 Å². The van der Waals surface area contributed by atoms with Gasteiger partial charge < -0.3 is 9.47 Å². The second kappa shape index (κ2) is 4.89. The maximum absolute atomic E-state index is 5.47. The van der Waals surface area contributed by atoms with Crippen LogP contribution in [-0.4, -0.2) is 6.79 Å². The predicted molar refractivity (Wildman–Crippen MR) is 57.5 cm³/mol. The van der Waals surface area contributed by atoms with Gasteiger partial charge in [-0.15, -0.1) is 0 Å². The Hall–Kier alpha value is -1.18. The molecule has 0 saturated carbocycles. The zero-order valence-electron chi connectivity index (χ0n) is 9.33. The molecule has 1 heterocycles. The largest absolute Gasteiger partial charge is 0.454 e. The first-order valence-corrected chi connectivity index (χ1v) is 4.99. The van der Waals surface area contributed by atoms with Crippen LogP contribution in [0.2, 0.25) is 0 Å². The molecular formula is C12H18O2. The Morgan fingerprint density at radius 2 is 2.00 bits per heavy atom. The lowest BCUT2D eigenvalue weighted by molar-refractivity contribution is 0.0967. The van der Waals surface area contributed by atoms with E-state index in [1.807, 2.05) is 26.0 Å². The Kier molecular flexibility index (Phi) is 3.81. The molecule has 0 amide bonds. The molecule has 0 aromatic heterocycles. The number of ether oxygens (including phenoxy) is 2. The summed E-state index contributed by atoms with van der Waals surface area (Å²) in [7, 11) is 0. The van der Waals surface area contributed by atoms with Gasteiger partial charge in [0.2, 0.25) is 6.79 Å². The van der Waals surface area contributed by atoms with Crippen molar-refractivity contribution >= 4 is 0 Å². The molecule has 2 nitrogen and oxygen atoms in total. The second-order valence-corrected chi connectivity index (χ2v) is 3.50. The molecule has 1 aliphatic heterocycles. The lowest BCUT2D eigenvalue weighted by atomic mass is 10.0. The summed E-state index contributed by atoms with van der Waals surface area (Å²) in [6.07, 6.45) is 6.05. The molecule has 0 N–H and O–H groups in total. The van der Waals surface area contributed by atoms with Crippen molar-refractivity contribution < 1.29 is 9.47 Å². The summed E-state index contributed by atoms with van der Waals surface area (Å²) >= 11 is 0. The molecule has 0 aromatic rings. The Morgan fingerprint density at radius 1 is 1.29 bits per heavy atom. The fourth-order valence-electron chi connectivity index (χ4n) is 1.44. The van der Waals surface area contributed by atoms with E-state index in [0.717, 1.165) is 11.5 Å². The molecule has 0 aromatic carbocycles. The number of allylic oxidation sites excluding steroid dienone is 4. The summed E-state index contributed by atoms with van der Waals surface area (Å²) in [5, 5.41) is 0. The molecule has 0 unspecified atom stereocenters. The average molecular weight is 194 g/mol. The Bertz CT molecular complexity index is 283. The fraction of sp³-hybridized carbons (Fsp3) is 0.500. The highest BCUT2D eigenvalue weighted by Crippen LogP contribution is 2.28. The van der Waals surface area contributed by atoms with Crippen molar-refractivity contribution in [3.8, 4) is 0 Å². The Labute approximate surface area is 85.9 Å². The van der Waals surface area contributed by atoms with Crippen LogP contribution in [0, 0.1) is 5.92 Å². The average Bonchev–Trinajstić information content (AvgIpc) is 2.61. The molecule has 0 atom stereocenters. The molecular weight excluding hydrogens is 176 g/mol. The Morgan fingerprint density at radius 3 is 2.50 bits per heavy atom. The van der Waals surface area contributed by atoms with Gasteiger partial charge in [0.05, 0.1) is 0 Å². The zero-order valence-corrected chi connectivity index (χ0v) is 9.33. The number of hydrogen-bond acceptors (Lipinski definition) is 2. The van der Waals surface area contributed by atoms with Gasteiger partial charge in [-0.1, -0.05) is 26.0 Å². The summed E-state index contributed by atoms with van der Waals surface area (Å²) in [6.45, 7) is 8.60. The quantitative estimate of drug-likeness (QED) is 0.671. The molecule has 78 valence electrons.